The van der Waals surface area contributed by atoms with Gasteiger partial charge in [0.15, 0.2) is 0 Å². The Kier molecular flexibility index (Phi) is 17.4. The molecule has 0 aromatic heterocycles. The van der Waals surface area contributed by atoms with E-state index in [1.54, 1.807) is 13.8 Å². The lowest BCUT2D eigenvalue weighted by Crippen LogP contribution is -2.59. The largest absolute Gasteiger partial charge is 0.493 e. The number of hydrogen-bond donors (Lipinski definition) is 2. The van der Waals surface area contributed by atoms with Gasteiger partial charge in [0, 0.05) is 70.4 Å². The van der Waals surface area contributed by atoms with Crippen molar-refractivity contribution < 1.29 is 84.3 Å². The third kappa shape index (κ3) is 12.3. The predicted octanol–water partition coefficient (Wildman–Crippen LogP) is 8.76. The summed E-state index contributed by atoms with van der Waals surface area (Å²) in [5, 5.41) is 19.9. The summed E-state index contributed by atoms with van der Waals surface area (Å²) in [5.74, 6) is -4.88. The van der Waals surface area contributed by atoms with Crippen LogP contribution in [0.5, 0.6) is 11.5 Å². The first-order chi connectivity index (χ1) is 34.6. The molecule has 2 aliphatic rings. The van der Waals surface area contributed by atoms with Crippen LogP contribution in [-0.4, -0.2) is 145 Å². The zero-order valence-corrected chi connectivity index (χ0v) is 40.3. The number of halogens is 6. The van der Waals surface area contributed by atoms with Gasteiger partial charge in [0.25, 0.3) is 0 Å². The van der Waals surface area contributed by atoms with E-state index in [0.29, 0.717) is 0 Å². The van der Waals surface area contributed by atoms with Crippen LogP contribution in [0.3, 0.4) is 0 Å². The second-order valence-electron chi connectivity index (χ2n) is 16.0. The van der Waals surface area contributed by atoms with Gasteiger partial charge in [-0.1, -0.05) is 60.3 Å². The molecule has 2 fully saturated rings. The predicted molar refractivity (Wildman–Crippen MR) is 253 cm³/mol. The summed E-state index contributed by atoms with van der Waals surface area (Å²) in [6.07, 6.45) is -8.48. The van der Waals surface area contributed by atoms with Crippen LogP contribution >= 0.6 is 11.8 Å². The Bertz CT molecular complexity index is 2630. The Balaban J connectivity index is 1.53. The van der Waals surface area contributed by atoms with E-state index in [1.165, 1.54) is 60.7 Å². The summed E-state index contributed by atoms with van der Waals surface area (Å²) in [4.78, 5) is 78.8. The van der Waals surface area contributed by atoms with E-state index in [9.17, 15) is 39.0 Å². The molecule has 6 rings (SSSR count). The Morgan fingerprint density at radius 2 is 0.959 bits per heavy atom. The van der Waals surface area contributed by atoms with Gasteiger partial charge in [-0.15, -0.1) is 0 Å². The molecule has 23 heteroatoms. The van der Waals surface area contributed by atoms with Gasteiger partial charge in [-0.25, -0.2) is 19.2 Å². The Hall–Kier alpha value is -7.69. The topological polar surface area (TPSA) is 193 Å². The van der Waals surface area contributed by atoms with Crippen molar-refractivity contribution in [1.82, 2.24) is 19.6 Å². The molecule has 2 saturated heterocycles. The molecular weight excluding hydrogens is 995 g/mol. The number of carbonyl (C=O) groups is 6. The third-order valence-electron chi connectivity index (χ3n) is 11.7. The Labute approximate surface area is 418 Å². The van der Waals surface area contributed by atoms with E-state index in [0.717, 1.165) is 70.3 Å². The van der Waals surface area contributed by atoms with Crippen molar-refractivity contribution >= 4 is 59.9 Å². The number of amides is 4. The molecule has 2 N–H and O–H groups in total. The molecule has 0 aliphatic carbocycles. The highest BCUT2D eigenvalue weighted by molar-refractivity contribution is 7.99. The second-order valence-corrected chi connectivity index (χ2v) is 17.1. The van der Waals surface area contributed by atoms with Gasteiger partial charge >= 0.3 is 36.5 Å². The maximum Gasteiger partial charge on any atom is 0.418 e. The monoisotopic (exact) mass is 1040 g/mol. The molecule has 0 spiro atoms. The van der Waals surface area contributed by atoms with Crippen molar-refractivity contribution in [2.45, 2.75) is 48.1 Å². The number of benzene rings is 4. The maximum atomic E-state index is 15.9. The van der Waals surface area contributed by atoms with Crippen molar-refractivity contribution in [1.29, 1.82) is 0 Å². The number of hydrogen-bond acceptors (Lipinski definition) is 11. The number of ether oxygens (including phenoxy) is 4. The minimum atomic E-state index is -5.30. The number of alkyl halides is 6. The van der Waals surface area contributed by atoms with Gasteiger partial charge in [-0.3, -0.25) is 9.59 Å². The van der Waals surface area contributed by atoms with Crippen LogP contribution in [0.1, 0.15) is 36.1 Å². The molecule has 2 aliphatic heterocycles. The van der Waals surface area contributed by atoms with Crippen molar-refractivity contribution in [3.8, 4) is 33.8 Å². The molecule has 4 amide bonds. The fourth-order valence-corrected chi connectivity index (χ4v) is 9.59. The number of methoxy groups -OCH3 is 2. The first-order valence-electron chi connectivity index (χ1n) is 22.3. The minimum Gasteiger partial charge on any atom is -0.493 e. The summed E-state index contributed by atoms with van der Waals surface area (Å²) in [6.45, 7) is 1.47. The molecule has 388 valence electrons. The standard InChI is InChI=1S/C50H48F6N4O12S/c1-5-71-35-13-9-7-11-31(35)41-29(17-21-39(61)59-25-23-57(47(67)69-3)27-33(59)45(63)64)15-19-37(43(41)49(51,52)53)73-38-20-16-30(42(44(38)50(54,55)56)32-12-8-10-14-36(32)72-6-2)18-22-40(62)60-26-24-58(48(68)70-4)28-34(60)46(65)66/h7-22,33-34H,5-6,23-28H2,1-4H3,(H,63,64)(H,65,66). The lowest BCUT2D eigenvalue weighted by atomic mass is 9.92. The molecular formula is C50H48F6N4O12S. The average Bonchev–Trinajstić information content (AvgIpc) is 3.36. The first-order valence-corrected chi connectivity index (χ1v) is 23.2. The van der Waals surface area contributed by atoms with Crippen molar-refractivity contribution in [3.05, 3.63) is 107 Å². The normalized spacial score (nSPS) is 16.4. The molecule has 4 aromatic carbocycles. The summed E-state index contributed by atoms with van der Waals surface area (Å²) in [7, 11) is 2.19. The van der Waals surface area contributed by atoms with Crippen LogP contribution in [0.2, 0.25) is 0 Å². The van der Waals surface area contributed by atoms with E-state index >= 15 is 26.3 Å². The average molecular weight is 1040 g/mol. The van der Waals surface area contributed by atoms with Crippen molar-refractivity contribution in [2.75, 3.05) is 66.7 Å². The Morgan fingerprint density at radius 1 is 0.589 bits per heavy atom. The van der Waals surface area contributed by atoms with E-state index in [4.69, 9.17) is 9.47 Å². The van der Waals surface area contributed by atoms with Gasteiger partial charge in [0.1, 0.15) is 23.6 Å². The Morgan fingerprint density at radius 3 is 1.29 bits per heavy atom. The molecule has 0 bridgehead atoms. The second kappa shape index (κ2) is 23.2. The number of carboxylic acids is 2. The zero-order valence-electron chi connectivity index (χ0n) is 39.5. The van der Waals surface area contributed by atoms with Crippen LogP contribution < -0.4 is 9.47 Å². The molecule has 16 nitrogen and oxygen atoms in total. The summed E-state index contributed by atoms with van der Waals surface area (Å²) < 4.78 is 116. The highest BCUT2D eigenvalue weighted by atomic mass is 32.2. The molecule has 2 unspecified atom stereocenters. The lowest BCUT2D eigenvalue weighted by molar-refractivity contribution is -0.151. The van der Waals surface area contributed by atoms with Gasteiger partial charge in [-0.2, -0.15) is 26.3 Å². The van der Waals surface area contributed by atoms with Crippen LogP contribution in [0.15, 0.2) is 94.7 Å². The van der Waals surface area contributed by atoms with Crippen molar-refractivity contribution in [2.24, 2.45) is 0 Å². The van der Waals surface area contributed by atoms with Crippen LogP contribution in [-0.2, 0) is 41.0 Å². The maximum absolute atomic E-state index is 15.9. The summed E-state index contributed by atoms with van der Waals surface area (Å²) >= 11 is 0.142. The van der Waals surface area contributed by atoms with Gasteiger partial charge in [-0.05, 0) is 61.4 Å². The summed E-state index contributed by atoms with van der Waals surface area (Å²) in [5.41, 5.74) is -4.78. The number of nitrogens with zero attached hydrogens (tertiary/aromatic N) is 4. The van der Waals surface area contributed by atoms with E-state index in [-0.39, 0.29) is 84.9 Å². The molecule has 2 atom stereocenters. The fraction of sp³-hybridized carbons (Fsp3) is 0.320. The number of para-hydroxylation sites is 2. The van der Waals surface area contributed by atoms with E-state index < -0.39 is 106 Å². The van der Waals surface area contributed by atoms with Gasteiger partial charge < -0.3 is 48.8 Å². The smallest absolute Gasteiger partial charge is 0.418 e. The third-order valence-corrected chi connectivity index (χ3v) is 12.8. The summed E-state index contributed by atoms with van der Waals surface area (Å²) in [6, 6.07) is 12.3. The molecule has 0 radical (unpaired) electrons. The SMILES string of the molecule is CCOc1ccccc1-c1c(C=CC(=O)N2CCN(C(=O)OC)CC2C(=O)O)ccc(Sc2ccc(C=CC(=O)N3CCN(C(=O)OC)CC3C(=O)O)c(-c3ccccc3OCC)c2C(F)(F)F)c1C(F)(F)F. The van der Waals surface area contributed by atoms with Gasteiger partial charge in [0.2, 0.25) is 11.8 Å². The van der Waals surface area contributed by atoms with Gasteiger partial charge in [0.05, 0.1) is 51.6 Å². The highest BCUT2D eigenvalue weighted by Gasteiger charge is 2.43. The lowest BCUT2D eigenvalue weighted by Gasteiger charge is -2.38. The van der Waals surface area contributed by atoms with Crippen molar-refractivity contribution in [3.63, 3.8) is 0 Å². The quantitative estimate of drug-likeness (QED) is 0.0901. The van der Waals surface area contributed by atoms with Crippen LogP contribution in [0, 0.1) is 0 Å². The zero-order chi connectivity index (χ0) is 53.4. The molecule has 4 aromatic rings. The van der Waals surface area contributed by atoms with Crippen LogP contribution in [0.25, 0.3) is 34.4 Å². The number of carbonyl (C=O) groups excluding carboxylic acids is 4. The number of carboxylic acid groups (broad SMARTS) is 2. The highest BCUT2D eigenvalue weighted by Crippen LogP contribution is 2.53. The minimum absolute atomic E-state index is 0.00983. The molecule has 73 heavy (non-hydrogen) atoms. The van der Waals surface area contributed by atoms with E-state index in [1.807, 2.05) is 0 Å². The van der Waals surface area contributed by atoms with Crippen LogP contribution in [0.4, 0.5) is 35.9 Å². The fourth-order valence-electron chi connectivity index (χ4n) is 8.44. The first kappa shape index (κ1) is 54.6. The molecule has 2 heterocycles. The number of piperazine rings is 2. The number of aliphatic carboxylic acids is 2. The van der Waals surface area contributed by atoms with E-state index in [2.05, 4.69) is 9.47 Å². The number of rotatable bonds is 14. The molecule has 0 saturated carbocycles.